The molecule has 7 nitrogen and oxygen atoms in total. The van der Waals surface area contributed by atoms with E-state index in [4.69, 9.17) is 24.4 Å². The smallest absolute Gasteiger partial charge is 0.281 e. The van der Waals surface area contributed by atoms with Crippen molar-refractivity contribution in [3.8, 4) is 0 Å². The van der Waals surface area contributed by atoms with Crippen molar-refractivity contribution in [2.75, 3.05) is 5.32 Å². The lowest BCUT2D eigenvalue weighted by molar-refractivity contribution is 0.0946. The molecule has 0 saturated heterocycles. The van der Waals surface area contributed by atoms with E-state index < -0.39 is 0 Å². The van der Waals surface area contributed by atoms with Gasteiger partial charge in [0, 0.05) is 12.1 Å². The molecule has 1 heterocycles. The molecular weight excluding hydrogens is 424 g/mol. The molecule has 0 bridgehead atoms. The van der Waals surface area contributed by atoms with Crippen LogP contribution in [0.1, 0.15) is 79.6 Å². The Kier molecular flexibility index (Phi) is 8.43. The molecule has 1 aromatic rings. The molecular formula is C19H30N6OS3. The summed E-state index contributed by atoms with van der Waals surface area (Å²) in [5.74, 6) is -0.257. The predicted octanol–water partition coefficient (Wildman–Crippen LogP) is 3.51. The fourth-order valence-corrected chi connectivity index (χ4v) is 5.28. The number of carbonyl (C=O) groups is 1. The van der Waals surface area contributed by atoms with Gasteiger partial charge in [-0.05, 0) is 57.0 Å². The van der Waals surface area contributed by atoms with Gasteiger partial charge in [0.25, 0.3) is 5.91 Å². The van der Waals surface area contributed by atoms with E-state index in [1.165, 1.54) is 49.9 Å². The number of hydrogen-bond acceptors (Lipinski definition) is 5. The summed E-state index contributed by atoms with van der Waals surface area (Å²) in [6.45, 7) is 1.81. The van der Waals surface area contributed by atoms with Gasteiger partial charge in [0.1, 0.15) is 4.88 Å². The summed E-state index contributed by atoms with van der Waals surface area (Å²) in [6, 6.07) is 0.814. The van der Waals surface area contributed by atoms with Gasteiger partial charge in [-0.15, -0.1) is 0 Å². The number of hydrogen-bond donors (Lipinski definition) is 5. The molecule has 160 valence electrons. The van der Waals surface area contributed by atoms with E-state index in [2.05, 4.69) is 31.8 Å². The summed E-state index contributed by atoms with van der Waals surface area (Å²) in [7, 11) is 0. The monoisotopic (exact) mass is 454 g/mol. The maximum absolute atomic E-state index is 12.5. The number of rotatable bonds is 4. The lowest BCUT2D eigenvalue weighted by atomic mass is 9.96. The molecule has 1 amide bonds. The first-order valence-corrected chi connectivity index (χ1v) is 12.1. The van der Waals surface area contributed by atoms with E-state index in [0.717, 1.165) is 25.7 Å². The number of amides is 1. The molecule has 1 aromatic heterocycles. The van der Waals surface area contributed by atoms with Gasteiger partial charge < -0.3 is 16.0 Å². The Morgan fingerprint density at radius 2 is 1.45 bits per heavy atom. The molecule has 2 aliphatic carbocycles. The molecule has 0 aromatic carbocycles. The molecule has 0 atom stereocenters. The number of thiazole rings is 1. The zero-order chi connectivity index (χ0) is 20.6. The van der Waals surface area contributed by atoms with Gasteiger partial charge in [-0.3, -0.25) is 15.6 Å². The van der Waals surface area contributed by atoms with Crippen LogP contribution < -0.4 is 26.8 Å². The Balaban J connectivity index is 1.45. The van der Waals surface area contributed by atoms with E-state index >= 15 is 0 Å². The summed E-state index contributed by atoms with van der Waals surface area (Å²) in [4.78, 5) is 17.5. The van der Waals surface area contributed by atoms with Crippen LogP contribution in [0.3, 0.4) is 0 Å². The first-order valence-electron chi connectivity index (χ1n) is 10.4. The Hall–Kier alpha value is -1.52. The first-order chi connectivity index (χ1) is 14.0. The summed E-state index contributed by atoms with van der Waals surface area (Å²) < 4.78 is 0. The fraction of sp³-hybridized carbons (Fsp3) is 0.684. The summed E-state index contributed by atoms with van der Waals surface area (Å²) >= 11 is 12.0. The highest BCUT2D eigenvalue weighted by Crippen LogP contribution is 2.23. The standard InChI is InChI=1S/C19H30N6OS3/c1-12-15(16(26)24-25-18(28)22-14-10-6-3-7-11-14)29-19(20-12)23-17(27)21-13-8-4-2-5-9-13/h13-14H,2-11H2,1H3,(H,24,26)(H2,22,25,28)(H2,20,21,23,27). The molecule has 0 unspecified atom stereocenters. The number of nitrogens with one attached hydrogen (secondary N) is 5. The van der Waals surface area contributed by atoms with Gasteiger partial charge in [-0.2, -0.15) is 0 Å². The summed E-state index contributed by atoms with van der Waals surface area (Å²) in [5.41, 5.74) is 6.12. The van der Waals surface area contributed by atoms with Crippen LogP contribution in [0.4, 0.5) is 5.13 Å². The van der Waals surface area contributed by atoms with Crippen molar-refractivity contribution in [2.24, 2.45) is 0 Å². The van der Waals surface area contributed by atoms with Crippen molar-refractivity contribution in [2.45, 2.75) is 83.2 Å². The average molecular weight is 455 g/mol. The van der Waals surface area contributed by atoms with Crippen molar-refractivity contribution in [3.05, 3.63) is 10.6 Å². The van der Waals surface area contributed by atoms with Crippen molar-refractivity contribution in [1.82, 2.24) is 26.5 Å². The van der Waals surface area contributed by atoms with E-state index in [1.807, 2.05) is 6.92 Å². The van der Waals surface area contributed by atoms with Crippen molar-refractivity contribution in [3.63, 3.8) is 0 Å². The topological polar surface area (TPSA) is 90.1 Å². The number of hydrazine groups is 1. The van der Waals surface area contributed by atoms with Crippen LogP contribution in [-0.2, 0) is 0 Å². The van der Waals surface area contributed by atoms with Crippen molar-refractivity contribution >= 4 is 57.0 Å². The third kappa shape index (κ3) is 7.04. The highest BCUT2D eigenvalue weighted by Gasteiger charge is 2.19. The highest BCUT2D eigenvalue weighted by atomic mass is 32.1. The summed E-state index contributed by atoms with van der Waals surface area (Å²) in [6.07, 6.45) is 12.0. The Labute approximate surface area is 187 Å². The van der Waals surface area contributed by atoms with E-state index in [1.54, 1.807) is 0 Å². The van der Waals surface area contributed by atoms with Gasteiger partial charge in [0.2, 0.25) is 0 Å². The molecule has 2 aliphatic rings. The maximum atomic E-state index is 12.5. The largest absolute Gasteiger partial charge is 0.360 e. The number of thiocarbonyl (C=S) groups is 2. The van der Waals surface area contributed by atoms with Crippen LogP contribution in [0, 0.1) is 6.92 Å². The molecule has 0 spiro atoms. The summed E-state index contributed by atoms with van der Waals surface area (Å²) in [5, 5.41) is 11.4. The van der Waals surface area contributed by atoms with Crippen molar-refractivity contribution in [1.29, 1.82) is 0 Å². The SMILES string of the molecule is Cc1nc(NC(=S)NC2CCCCC2)sc1C(=O)NNC(=S)NC1CCCCC1. The van der Waals surface area contributed by atoms with Crippen LogP contribution in [0.15, 0.2) is 0 Å². The predicted molar refractivity (Wildman–Crippen MR) is 126 cm³/mol. The van der Waals surface area contributed by atoms with E-state index in [0.29, 0.717) is 38.0 Å². The van der Waals surface area contributed by atoms with Gasteiger partial charge in [-0.1, -0.05) is 49.9 Å². The molecule has 29 heavy (non-hydrogen) atoms. The Morgan fingerprint density at radius 1 is 0.897 bits per heavy atom. The Morgan fingerprint density at radius 3 is 2.03 bits per heavy atom. The number of carbonyl (C=O) groups excluding carboxylic acids is 1. The Bertz CT molecular complexity index is 726. The number of aromatic nitrogens is 1. The lowest BCUT2D eigenvalue weighted by Crippen LogP contribution is -2.50. The van der Waals surface area contributed by atoms with Gasteiger partial charge in [-0.25, -0.2) is 4.98 Å². The molecule has 2 saturated carbocycles. The number of nitrogens with zero attached hydrogens (tertiary/aromatic N) is 1. The zero-order valence-electron chi connectivity index (χ0n) is 16.8. The molecule has 5 N–H and O–H groups in total. The van der Waals surface area contributed by atoms with Crippen LogP contribution in [0.25, 0.3) is 0 Å². The second kappa shape index (κ2) is 11.0. The number of aryl methyl sites for hydroxylation is 1. The van der Waals surface area contributed by atoms with Gasteiger partial charge in [0.05, 0.1) is 5.69 Å². The fourth-order valence-electron chi connectivity index (χ4n) is 3.86. The van der Waals surface area contributed by atoms with E-state index in [-0.39, 0.29) is 5.91 Å². The minimum absolute atomic E-state index is 0.257. The van der Waals surface area contributed by atoms with Gasteiger partial charge in [0.15, 0.2) is 15.4 Å². The minimum Gasteiger partial charge on any atom is -0.360 e. The van der Waals surface area contributed by atoms with Crippen LogP contribution in [0.2, 0.25) is 0 Å². The molecule has 10 heteroatoms. The highest BCUT2D eigenvalue weighted by molar-refractivity contribution is 7.80. The second-order valence-electron chi connectivity index (χ2n) is 7.75. The van der Waals surface area contributed by atoms with Crippen LogP contribution >= 0.6 is 35.8 Å². The van der Waals surface area contributed by atoms with Crippen LogP contribution in [0.5, 0.6) is 0 Å². The van der Waals surface area contributed by atoms with Crippen molar-refractivity contribution < 1.29 is 4.79 Å². The third-order valence-electron chi connectivity index (χ3n) is 5.39. The van der Waals surface area contributed by atoms with Gasteiger partial charge >= 0.3 is 0 Å². The normalized spacial score (nSPS) is 18.0. The average Bonchev–Trinajstić information content (AvgIpc) is 3.07. The molecule has 0 radical (unpaired) electrons. The number of anilines is 1. The minimum atomic E-state index is -0.257. The third-order valence-corrected chi connectivity index (χ3v) is 6.91. The quantitative estimate of drug-likeness (QED) is 0.349. The molecule has 3 rings (SSSR count). The lowest BCUT2D eigenvalue weighted by Gasteiger charge is -2.24. The molecule has 0 aliphatic heterocycles. The van der Waals surface area contributed by atoms with Crippen LogP contribution in [-0.4, -0.2) is 33.2 Å². The first kappa shape index (κ1) is 22.2. The maximum Gasteiger partial charge on any atom is 0.281 e. The molecule has 2 fully saturated rings. The second-order valence-corrected chi connectivity index (χ2v) is 9.57. The zero-order valence-corrected chi connectivity index (χ0v) is 19.3. The van der Waals surface area contributed by atoms with E-state index in [9.17, 15) is 4.79 Å².